The Bertz CT molecular complexity index is 261. The van der Waals surface area contributed by atoms with Crippen LogP contribution in [0.1, 0.15) is 12.0 Å². The Balaban J connectivity index is 2.07. The molecule has 0 aliphatic heterocycles. The molecule has 1 aromatic carbocycles. The first-order valence-electron chi connectivity index (χ1n) is 5.27. The Morgan fingerprint density at radius 1 is 1.20 bits per heavy atom. The molecular weight excluding hydrogens is 209 g/mol. The molecule has 0 bridgehead atoms. The summed E-state index contributed by atoms with van der Waals surface area (Å²) in [6, 6.07) is 6.73. The van der Waals surface area contributed by atoms with E-state index in [2.05, 4.69) is 11.6 Å². The first-order valence-corrected chi connectivity index (χ1v) is 6.66. The molecule has 0 aliphatic rings. The Morgan fingerprint density at radius 2 is 1.93 bits per heavy atom. The molecule has 1 N–H and O–H groups in total. The minimum Gasteiger partial charge on any atom is -0.316 e. The van der Waals surface area contributed by atoms with Crippen molar-refractivity contribution in [2.45, 2.75) is 12.8 Å². The average Bonchev–Trinajstić information content (AvgIpc) is 2.26. The van der Waals surface area contributed by atoms with E-state index in [0.29, 0.717) is 0 Å². The first-order chi connectivity index (χ1) is 7.33. The van der Waals surface area contributed by atoms with Gasteiger partial charge >= 0.3 is 0 Å². The van der Waals surface area contributed by atoms with Crippen molar-refractivity contribution < 1.29 is 4.39 Å². The number of hydrogen-bond acceptors (Lipinski definition) is 2. The maximum absolute atomic E-state index is 12.6. The molecule has 84 valence electrons. The quantitative estimate of drug-likeness (QED) is 0.719. The van der Waals surface area contributed by atoms with E-state index in [1.165, 1.54) is 29.9 Å². The molecule has 0 radical (unpaired) electrons. The van der Waals surface area contributed by atoms with Gasteiger partial charge in [-0.15, -0.1) is 0 Å². The van der Waals surface area contributed by atoms with Gasteiger partial charge in [0.2, 0.25) is 0 Å². The molecule has 0 unspecified atom stereocenters. The van der Waals surface area contributed by atoms with Gasteiger partial charge in [-0.25, -0.2) is 4.39 Å². The van der Waals surface area contributed by atoms with E-state index in [4.69, 9.17) is 0 Å². The predicted molar refractivity (Wildman–Crippen MR) is 66.0 cm³/mol. The summed E-state index contributed by atoms with van der Waals surface area (Å²) in [5.74, 6) is 1.05. The summed E-state index contributed by atoms with van der Waals surface area (Å²) in [4.78, 5) is 0. The topological polar surface area (TPSA) is 12.0 Å². The molecule has 0 fully saturated rings. The summed E-state index contributed by atoms with van der Waals surface area (Å²) in [7, 11) is 0. The van der Waals surface area contributed by atoms with Crippen molar-refractivity contribution in [2.24, 2.45) is 0 Å². The minimum absolute atomic E-state index is 0.160. The lowest BCUT2D eigenvalue weighted by Crippen LogP contribution is -2.18. The number of rotatable bonds is 7. The van der Waals surface area contributed by atoms with Gasteiger partial charge in [-0.3, -0.25) is 0 Å². The fourth-order valence-electron chi connectivity index (χ4n) is 1.35. The largest absolute Gasteiger partial charge is 0.316 e. The Kier molecular flexibility index (Phi) is 6.44. The van der Waals surface area contributed by atoms with E-state index in [1.807, 2.05) is 23.9 Å². The van der Waals surface area contributed by atoms with Crippen molar-refractivity contribution in [3.05, 3.63) is 35.6 Å². The smallest absolute Gasteiger partial charge is 0.123 e. The zero-order valence-corrected chi connectivity index (χ0v) is 9.95. The van der Waals surface area contributed by atoms with Gasteiger partial charge < -0.3 is 5.32 Å². The Morgan fingerprint density at radius 3 is 2.60 bits per heavy atom. The number of benzene rings is 1. The van der Waals surface area contributed by atoms with Crippen LogP contribution in [0.2, 0.25) is 0 Å². The highest BCUT2D eigenvalue weighted by atomic mass is 32.2. The van der Waals surface area contributed by atoms with E-state index in [9.17, 15) is 4.39 Å². The lowest BCUT2D eigenvalue weighted by Gasteiger charge is -2.04. The van der Waals surface area contributed by atoms with Crippen molar-refractivity contribution in [1.29, 1.82) is 0 Å². The first kappa shape index (κ1) is 12.5. The number of halogens is 1. The molecule has 0 atom stereocenters. The third-order valence-corrected chi connectivity index (χ3v) is 2.90. The van der Waals surface area contributed by atoms with Crippen molar-refractivity contribution >= 4 is 11.8 Å². The second kappa shape index (κ2) is 7.71. The molecule has 1 aromatic rings. The molecule has 0 heterocycles. The summed E-state index contributed by atoms with van der Waals surface area (Å²) in [6.07, 6.45) is 4.31. The van der Waals surface area contributed by atoms with E-state index in [-0.39, 0.29) is 5.82 Å². The SMILES string of the molecule is CSCCCNCCc1ccc(F)cc1. The lowest BCUT2D eigenvalue weighted by atomic mass is 10.1. The van der Waals surface area contributed by atoms with Gasteiger partial charge in [0.1, 0.15) is 5.82 Å². The molecule has 3 heteroatoms. The molecule has 15 heavy (non-hydrogen) atoms. The third-order valence-electron chi connectivity index (χ3n) is 2.21. The maximum Gasteiger partial charge on any atom is 0.123 e. The summed E-state index contributed by atoms with van der Waals surface area (Å²) in [5, 5.41) is 3.38. The summed E-state index contributed by atoms with van der Waals surface area (Å²) in [5.41, 5.74) is 1.19. The van der Waals surface area contributed by atoms with Crippen LogP contribution in [0, 0.1) is 5.82 Å². The molecule has 0 amide bonds. The molecule has 0 spiro atoms. The molecule has 0 aliphatic carbocycles. The zero-order valence-electron chi connectivity index (χ0n) is 9.13. The van der Waals surface area contributed by atoms with Crippen LogP contribution in [-0.2, 0) is 6.42 Å². The van der Waals surface area contributed by atoms with Gasteiger partial charge in [-0.05, 0) is 55.6 Å². The highest BCUT2D eigenvalue weighted by molar-refractivity contribution is 7.98. The molecule has 1 rings (SSSR count). The Labute approximate surface area is 95.5 Å². The van der Waals surface area contributed by atoms with Crippen molar-refractivity contribution in [1.82, 2.24) is 5.32 Å². The molecular formula is C12H18FNS. The van der Waals surface area contributed by atoms with Crippen LogP contribution in [-0.4, -0.2) is 25.1 Å². The van der Waals surface area contributed by atoms with E-state index >= 15 is 0 Å². The number of nitrogens with one attached hydrogen (secondary N) is 1. The van der Waals surface area contributed by atoms with Crippen LogP contribution >= 0.6 is 11.8 Å². The van der Waals surface area contributed by atoms with Gasteiger partial charge in [0, 0.05) is 0 Å². The van der Waals surface area contributed by atoms with Crippen LogP contribution in [0.25, 0.3) is 0 Å². The zero-order chi connectivity index (χ0) is 10.9. The third kappa shape index (κ3) is 5.80. The Hall–Kier alpha value is -0.540. The van der Waals surface area contributed by atoms with Crippen LogP contribution < -0.4 is 5.32 Å². The summed E-state index contributed by atoms with van der Waals surface area (Å²) in [6.45, 7) is 2.04. The van der Waals surface area contributed by atoms with Gasteiger partial charge in [-0.2, -0.15) is 11.8 Å². The van der Waals surface area contributed by atoms with Crippen LogP contribution in [0.3, 0.4) is 0 Å². The van der Waals surface area contributed by atoms with Crippen molar-refractivity contribution in [3.8, 4) is 0 Å². The molecule has 1 nitrogen and oxygen atoms in total. The normalized spacial score (nSPS) is 10.5. The van der Waals surface area contributed by atoms with Gasteiger partial charge in [0.25, 0.3) is 0 Å². The fourth-order valence-corrected chi connectivity index (χ4v) is 1.78. The van der Waals surface area contributed by atoms with Gasteiger partial charge in [0.15, 0.2) is 0 Å². The monoisotopic (exact) mass is 227 g/mol. The standard InChI is InChI=1S/C12H18FNS/c1-15-10-2-8-14-9-7-11-3-5-12(13)6-4-11/h3-6,14H,2,7-10H2,1H3. The van der Waals surface area contributed by atoms with E-state index in [1.54, 1.807) is 0 Å². The second-order valence-electron chi connectivity index (χ2n) is 3.47. The summed E-state index contributed by atoms with van der Waals surface area (Å²) < 4.78 is 12.6. The van der Waals surface area contributed by atoms with Gasteiger partial charge in [-0.1, -0.05) is 12.1 Å². The highest BCUT2D eigenvalue weighted by Gasteiger charge is 1.93. The lowest BCUT2D eigenvalue weighted by molar-refractivity contribution is 0.625. The molecule has 0 aromatic heterocycles. The maximum atomic E-state index is 12.6. The number of thioether (sulfide) groups is 1. The highest BCUT2D eigenvalue weighted by Crippen LogP contribution is 2.02. The van der Waals surface area contributed by atoms with Crippen molar-refractivity contribution in [3.63, 3.8) is 0 Å². The van der Waals surface area contributed by atoms with E-state index in [0.717, 1.165) is 19.5 Å². The number of hydrogen-bond donors (Lipinski definition) is 1. The average molecular weight is 227 g/mol. The predicted octanol–water partition coefficient (Wildman–Crippen LogP) is 2.71. The van der Waals surface area contributed by atoms with Crippen LogP contribution in [0.4, 0.5) is 4.39 Å². The second-order valence-corrected chi connectivity index (χ2v) is 4.46. The van der Waals surface area contributed by atoms with Crippen LogP contribution in [0.5, 0.6) is 0 Å². The summed E-state index contributed by atoms with van der Waals surface area (Å²) >= 11 is 1.88. The van der Waals surface area contributed by atoms with Gasteiger partial charge in [0.05, 0.1) is 0 Å². The molecule has 0 saturated carbocycles. The van der Waals surface area contributed by atoms with E-state index < -0.39 is 0 Å². The fraction of sp³-hybridized carbons (Fsp3) is 0.500. The van der Waals surface area contributed by atoms with Crippen LogP contribution in [0.15, 0.2) is 24.3 Å². The molecule has 0 saturated heterocycles. The van der Waals surface area contributed by atoms with Crippen molar-refractivity contribution in [2.75, 3.05) is 25.1 Å². The minimum atomic E-state index is -0.160.